The molecule has 0 aliphatic rings. The number of aliphatic carboxylic acids is 1. The van der Waals surface area contributed by atoms with Crippen LogP contribution in [0.15, 0.2) is 16.6 Å². The topological polar surface area (TPSA) is 84.9 Å². The second-order valence-electron chi connectivity index (χ2n) is 4.65. The lowest BCUT2D eigenvalue weighted by molar-refractivity contribution is -0.137. The number of rotatable bonds is 9. The molecule has 0 aliphatic carbocycles. The Hall–Kier alpha value is -1.76. The minimum absolute atomic E-state index is 0.00511. The highest BCUT2D eigenvalue weighted by Gasteiger charge is 2.10. The van der Waals surface area contributed by atoms with Gasteiger partial charge in [0, 0.05) is 19.4 Å². The average Bonchev–Trinajstić information content (AvgIpc) is 2.47. The normalized spacial score (nSPS) is 10.1. The zero-order chi connectivity index (χ0) is 16.5. The molecule has 1 aromatic carbocycles. The van der Waals surface area contributed by atoms with Crippen LogP contribution < -0.4 is 14.8 Å². The van der Waals surface area contributed by atoms with Crippen LogP contribution in [0.25, 0.3) is 0 Å². The van der Waals surface area contributed by atoms with Crippen molar-refractivity contribution in [2.75, 3.05) is 20.8 Å². The van der Waals surface area contributed by atoms with E-state index in [1.54, 1.807) is 14.2 Å². The number of benzene rings is 1. The highest BCUT2D eigenvalue weighted by molar-refractivity contribution is 9.10. The van der Waals surface area contributed by atoms with E-state index in [0.29, 0.717) is 30.9 Å². The molecule has 0 aliphatic heterocycles. The van der Waals surface area contributed by atoms with Crippen LogP contribution in [0.1, 0.15) is 24.8 Å². The number of amides is 1. The smallest absolute Gasteiger partial charge is 0.303 e. The summed E-state index contributed by atoms with van der Waals surface area (Å²) in [6.07, 6.45) is 1.16. The van der Waals surface area contributed by atoms with E-state index < -0.39 is 5.97 Å². The van der Waals surface area contributed by atoms with Crippen molar-refractivity contribution >= 4 is 27.8 Å². The van der Waals surface area contributed by atoms with Gasteiger partial charge in [0.2, 0.25) is 5.91 Å². The van der Waals surface area contributed by atoms with Crippen molar-refractivity contribution in [2.24, 2.45) is 0 Å². The predicted octanol–water partition coefficient (Wildman–Crippen LogP) is 2.38. The molecule has 6 nitrogen and oxygen atoms in total. The highest BCUT2D eigenvalue weighted by atomic mass is 79.9. The molecule has 1 rings (SSSR count). The zero-order valence-corrected chi connectivity index (χ0v) is 14.2. The Morgan fingerprint density at radius 3 is 2.45 bits per heavy atom. The molecular formula is C15H20BrNO5. The third-order valence-corrected chi connectivity index (χ3v) is 3.69. The van der Waals surface area contributed by atoms with Gasteiger partial charge >= 0.3 is 5.97 Å². The second kappa shape index (κ2) is 9.30. The Kier molecular flexibility index (Phi) is 7.73. The van der Waals surface area contributed by atoms with Crippen LogP contribution in [-0.2, 0) is 16.0 Å². The fraction of sp³-hybridized carbons (Fsp3) is 0.467. The molecule has 7 heteroatoms. The molecule has 0 atom stereocenters. The van der Waals surface area contributed by atoms with Crippen molar-refractivity contribution in [2.45, 2.75) is 25.7 Å². The highest BCUT2D eigenvalue weighted by Crippen LogP contribution is 2.32. The van der Waals surface area contributed by atoms with E-state index in [9.17, 15) is 9.59 Å². The molecule has 0 unspecified atom stereocenters. The van der Waals surface area contributed by atoms with Crippen molar-refractivity contribution in [3.63, 3.8) is 0 Å². The molecule has 0 heterocycles. The van der Waals surface area contributed by atoms with Gasteiger partial charge in [0.25, 0.3) is 0 Å². The molecule has 0 saturated heterocycles. The SMILES string of the molecule is COc1cc(CCNC(=O)CCCC(=O)O)c(OC)cc1Br. The number of ether oxygens (including phenoxy) is 2. The first-order valence-corrected chi connectivity index (χ1v) is 7.66. The van der Waals surface area contributed by atoms with Gasteiger partial charge in [0.1, 0.15) is 11.5 Å². The maximum Gasteiger partial charge on any atom is 0.303 e. The van der Waals surface area contributed by atoms with Crippen molar-refractivity contribution in [3.8, 4) is 11.5 Å². The summed E-state index contributed by atoms with van der Waals surface area (Å²) in [6, 6.07) is 3.68. The molecule has 0 radical (unpaired) electrons. The van der Waals surface area contributed by atoms with Crippen LogP contribution in [0.3, 0.4) is 0 Å². The molecular weight excluding hydrogens is 354 g/mol. The lowest BCUT2D eigenvalue weighted by Gasteiger charge is -2.12. The number of nitrogens with one attached hydrogen (secondary N) is 1. The second-order valence-corrected chi connectivity index (χ2v) is 5.50. The van der Waals surface area contributed by atoms with Crippen LogP contribution in [0.5, 0.6) is 11.5 Å². The summed E-state index contributed by atoms with van der Waals surface area (Å²) in [4.78, 5) is 22.0. The standard InChI is InChI=1S/C15H20BrNO5/c1-21-12-9-11(16)13(22-2)8-10(12)6-7-17-14(18)4-3-5-15(19)20/h8-9H,3-7H2,1-2H3,(H,17,18)(H,19,20). The van der Waals surface area contributed by atoms with Crippen LogP contribution in [-0.4, -0.2) is 37.7 Å². The van der Waals surface area contributed by atoms with Gasteiger partial charge in [-0.3, -0.25) is 9.59 Å². The van der Waals surface area contributed by atoms with E-state index in [-0.39, 0.29) is 18.7 Å². The van der Waals surface area contributed by atoms with Gasteiger partial charge < -0.3 is 19.9 Å². The van der Waals surface area contributed by atoms with Crippen molar-refractivity contribution in [3.05, 3.63) is 22.2 Å². The third kappa shape index (κ3) is 5.93. The van der Waals surface area contributed by atoms with Gasteiger partial charge in [0.05, 0.1) is 18.7 Å². The van der Waals surface area contributed by atoms with E-state index in [1.165, 1.54) is 0 Å². The number of carboxylic acid groups (broad SMARTS) is 1. The van der Waals surface area contributed by atoms with Crippen LogP contribution in [0.2, 0.25) is 0 Å². The Balaban J connectivity index is 2.50. The lowest BCUT2D eigenvalue weighted by Crippen LogP contribution is -2.25. The Bertz CT molecular complexity index is 533. The molecule has 0 aromatic heterocycles. The molecule has 22 heavy (non-hydrogen) atoms. The van der Waals surface area contributed by atoms with E-state index in [4.69, 9.17) is 14.6 Å². The van der Waals surface area contributed by atoms with E-state index >= 15 is 0 Å². The third-order valence-electron chi connectivity index (χ3n) is 3.07. The monoisotopic (exact) mass is 373 g/mol. The van der Waals surface area contributed by atoms with Crippen LogP contribution in [0.4, 0.5) is 0 Å². The van der Waals surface area contributed by atoms with Gasteiger partial charge in [0.15, 0.2) is 0 Å². The molecule has 1 aromatic rings. The summed E-state index contributed by atoms with van der Waals surface area (Å²) in [7, 11) is 3.17. The molecule has 2 N–H and O–H groups in total. The minimum atomic E-state index is -0.889. The van der Waals surface area contributed by atoms with E-state index in [0.717, 1.165) is 10.0 Å². The summed E-state index contributed by atoms with van der Waals surface area (Å²) in [5.41, 5.74) is 0.924. The summed E-state index contributed by atoms with van der Waals surface area (Å²) in [6.45, 7) is 0.451. The summed E-state index contributed by atoms with van der Waals surface area (Å²) >= 11 is 3.39. The maximum absolute atomic E-state index is 11.6. The molecule has 1 amide bonds. The maximum atomic E-state index is 11.6. The quantitative estimate of drug-likeness (QED) is 0.693. The average molecular weight is 374 g/mol. The van der Waals surface area contributed by atoms with Crippen LogP contribution in [0, 0.1) is 0 Å². The summed E-state index contributed by atoms with van der Waals surface area (Å²) in [5, 5.41) is 11.3. The van der Waals surface area contributed by atoms with Crippen molar-refractivity contribution in [1.82, 2.24) is 5.32 Å². The molecule has 0 fully saturated rings. The largest absolute Gasteiger partial charge is 0.496 e. The molecule has 0 bridgehead atoms. The Labute approximate surface area is 137 Å². The predicted molar refractivity (Wildman–Crippen MR) is 85.4 cm³/mol. The summed E-state index contributed by atoms with van der Waals surface area (Å²) in [5.74, 6) is 0.375. The number of hydrogen-bond donors (Lipinski definition) is 2. The van der Waals surface area contributed by atoms with Crippen molar-refractivity contribution < 1.29 is 24.2 Å². The fourth-order valence-electron chi connectivity index (χ4n) is 1.94. The number of halogens is 1. The first kappa shape index (κ1) is 18.3. The first-order chi connectivity index (χ1) is 10.5. The number of carbonyl (C=O) groups is 2. The van der Waals surface area contributed by atoms with Gasteiger partial charge in [-0.15, -0.1) is 0 Å². The van der Waals surface area contributed by atoms with E-state index in [2.05, 4.69) is 21.2 Å². The van der Waals surface area contributed by atoms with Gasteiger partial charge in [-0.25, -0.2) is 0 Å². The minimum Gasteiger partial charge on any atom is -0.496 e. The van der Waals surface area contributed by atoms with Crippen molar-refractivity contribution in [1.29, 1.82) is 0 Å². The summed E-state index contributed by atoms with van der Waals surface area (Å²) < 4.78 is 11.4. The number of methoxy groups -OCH3 is 2. The number of carbonyl (C=O) groups excluding carboxylic acids is 1. The molecule has 122 valence electrons. The number of hydrogen-bond acceptors (Lipinski definition) is 4. The van der Waals surface area contributed by atoms with Gasteiger partial charge in [-0.05, 0) is 46.5 Å². The zero-order valence-electron chi connectivity index (χ0n) is 12.6. The Morgan fingerprint density at radius 2 is 1.86 bits per heavy atom. The molecule has 0 spiro atoms. The lowest BCUT2D eigenvalue weighted by atomic mass is 10.1. The van der Waals surface area contributed by atoms with Crippen LogP contribution >= 0.6 is 15.9 Å². The van der Waals surface area contributed by atoms with Gasteiger partial charge in [-0.1, -0.05) is 0 Å². The van der Waals surface area contributed by atoms with E-state index in [1.807, 2.05) is 12.1 Å². The fourth-order valence-corrected chi connectivity index (χ4v) is 2.43. The first-order valence-electron chi connectivity index (χ1n) is 6.86. The van der Waals surface area contributed by atoms with Gasteiger partial charge in [-0.2, -0.15) is 0 Å². The molecule has 0 saturated carbocycles. The Morgan fingerprint density at radius 1 is 1.18 bits per heavy atom. The number of carboxylic acids is 1.